The van der Waals surface area contributed by atoms with Crippen LogP contribution in [0.2, 0.25) is 0 Å². The Morgan fingerprint density at radius 3 is 2.12 bits per heavy atom. The van der Waals surface area contributed by atoms with Crippen molar-refractivity contribution in [2.45, 2.75) is 0 Å². The molecule has 0 aliphatic carbocycles. The molecule has 4 aromatic carbocycles. The van der Waals surface area contributed by atoms with E-state index in [0.29, 0.717) is 0 Å². The fraction of sp³-hybridized carbons (Fsp3) is 0. The van der Waals surface area contributed by atoms with Crippen molar-refractivity contribution >= 4 is 60.3 Å². The first-order valence-corrected chi connectivity index (χ1v) is 11.5. The van der Waals surface area contributed by atoms with Gasteiger partial charge in [0.15, 0.2) is 5.65 Å². The lowest BCUT2D eigenvalue weighted by atomic mass is 10.0. The van der Waals surface area contributed by atoms with E-state index in [4.69, 9.17) is 4.98 Å². The van der Waals surface area contributed by atoms with Gasteiger partial charge in [0.2, 0.25) is 0 Å². The van der Waals surface area contributed by atoms with E-state index < -0.39 is 0 Å². The van der Waals surface area contributed by atoms with E-state index in [1.807, 2.05) is 12.3 Å². The third kappa shape index (κ3) is 2.17. The van der Waals surface area contributed by atoms with Gasteiger partial charge in [-0.15, -0.1) is 0 Å². The molecule has 0 amide bonds. The number of hydrogen-bond donors (Lipinski definition) is 0. The van der Waals surface area contributed by atoms with E-state index in [1.54, 1.807) is 0 Å². The average Bonchev–Trinajstić information content (AvgIpc) is 3.45. The summed E-state index contributed by atoms with van der Waals surface area (Å²) in [6.45, 7) is 0. The highest BCUT2D eigenvalue weighted by atomic mass is 15.1. The van der Waals surface area contributed by atoms with Gasteiger partial charge in [0.25, 0.3) is 0 Å². The highest BCUT2D eigenvalue weighted by Crippen LogP contribution is 2.41. The zero-order chi connectivity index (χ0) is 22.2. The number of benzene rings is 4. The van der Waals surface area contributed by atoms with Gasteiger partial charge in [0.1, 0.15) is 5.65 Å². The predicted octanol–water partition coefficient (Wildman–Crippen LogP) is 7.29. The van der Waals surface area contributed by atoms with E-state index in [-0.39, 0.29) is 0 Å². The number of pyridine rings is 2. The molecule has 4 heteroatoms. The minimum absolute atomic E-state index is 0.768. The standard InChI is InChI=1S/C30H18N4/c1-2-9-19(10-3-1)33-24-14-7-5-12-22(24)27-25(33)17-16-21-20-11-4-6-13-23(20)34-26-15-8-18-31-29(26)32-30(34)28(21)27/h1-18H. The highest BCUT2D eigenvalue weighted by molar-refractivity contribution is 6.29. The minimum Gasteiger partial charge on any atom is -0.309 e. The average molecular weight is 435 g/mol. The molecule has 34 heavy (non-hydrogen) atoms. The molecule has 0 spiro atoms. The van der Waals surface area contributed by atoms with E-state index in [2.05, 4.69) is 111 Å². The van der Waals surface area contributed by atoms with Crippen molar-refractivity contribution in [3.8, 4) is 5.69 Å². The summed E-state index contributed by atoms with van der Waals surface area (Å²) in [7, 11) is 0. The largest absolute Gasteiger partial charge is 0.309 e. The zero-order valence-electron chi connectivity index (χ0n) is 18.2. The summed E-state index contributed by atoms with van der Waals surface area (Å²) in [5.74, 6) is 0. The number of imidazole rings is 1. The Bertz CT molecular complexity index is 2060. The highest BCUT2D eigenvalue weighted by Gasteiger charge is 2.20. The Labute approximate surface area is 194 Å². The Balaban J connectivity index is 1.73. The van der Waals surface area contributed by atoms with Crippen LogP contribution in [0.15, 0.2) is 109 Å². The summed E-state index contributed by atoms with van der Waals surface area (Å²) >= 11 is 0. The molecule has 0 atom stereocenters. The van der Waals surface area contributed by atoms with Gasteiger partial charge < -0.3 is 4.57 Å². The van der Waals surface area contributed by atoms with Gasteiger partial charge in [-0.05, 0) is 47.9 Å². The SMILES string of the molecule is c1ccc(-n2c3ccccc3c3c4c(ccc32)c2ccccc2n2c3cccnc3nc42)cc1. The van der Waals surface area contributed by atoms with E-state index in [1.165, 1.54) is 38.0 Å². The molecule has 0 aliphatic rings. The molecule has 0 fully saturated rings. The van der Waals surface area contributed by atoms with Crippen LogP contribution >= 0.6 is 0 Å². The molecular weight excluding hydrogens is 416 g/mol. The molecule has 0 radical (unpaired) electrons. The Kier molecular flexibility index (Phi) is 3.36. The van der Waals surface area contributed by atoms with Crippen LogP contribution in [0.25, 0.3) is 66.0 Å². The molecule has 4 aromatic heterocycles. The first kappa shape index (κ1) is 17.8. The third-order valence-electron chi connectivity index (χ3n) is 6.94. The number of aromatic nitrogens is 4. The van der Waals surface area contributed by atoms with Gasteiger partial charge >= 0.3 is 0 Å². The van der Waals surface area contributed by atoms with Crippen molar-refractivity contribution in [3.05, 3.63) is 109 Å². The van der Waals surface area contributed by atoms with Crippen LogP contribution in [0, 0.1) is 0 Å². The first-order chi connectivity index (χ1) is 16.9. The smallest absolute Gasteiger partial charge is 0.178 e. The van der Waals surface area contributed by atoms with Crippen LogP contribution < -0.4 is 0 Å². The third-order valence-corrected chi connectivity index (χ3v) is 6.94. The maximum absolute atomic E-state index is 5.08. The Morgan fingerprint density at radius 1 is 0.500 bits per heavy atom. The minimum atomic E-state index is 0.768. The van der Waals surface area contributed by atoms with E-state index in [9.17, 15) is 0 Å². The molecule has 4 nitrogen and oxygen atoms in total. The van der Waals surface area contributed by atoms with Crippen LogP contribution in [-0.2, 0) is 0 Å². The number of para-hydroxylation sites is 3. The van der Waals surface area contributed by atoms with Crippen molar-refractivity contribution in [1.82, 2.24) is 18.9 Å². The summed E-state index contributed by atoms with van der Waals surface area (Å²) in [6.07, 6.45) is 1.82. The summed E-state index contributed by atoms with van der Waals surface area (Å²) in [5, 5.41) is 6.04. The lowest BCUT2D eigenvalue weighted by Gasteiger charge is -2.11. The molecule has 0 saturated carbocycles. The fourth-order valence-corrected chi connectivity index (χ4v) is 5.59. The second-order valence-electron chi connectivity index (χ2n) is 8.70. The van der Waals surface area contributed by atoms with Crippen molar-refractivity contribution in [2.24, 2.45) is 0 Å². The monoisotopic (exact) mass is 434 g/mol. The van der Waals surface area contributed by atoms with Crippen LogP contribution in [0.5, 0.6) is 0 Å². The Morgan fingerprint density at radius 2 is 1.24 bits per heavy atom. The Hall–Kier alpha value is -4.70. The van der Waals surface area contributed by atoms with Crippen LogP contribution in [0.3, 0.4) is 0 Å². The number of nitrogens with zero attached hydrogens (tertiary/aromatic N) is 4. The quantitative estimate of drug-likeness (QED) is 0.254. The summed E-state index contributed by atoms with van der Waals surface area (Å²) < 4.78 is 4.63. The van der Waals surface area contributed by atoms with Gasteiger partial charge in [0, 0.05) is 33.4 Å². The van der Waals surface area contributed by atoms with E-state index >= 15 is 0 Å². The van der Waals surface area contributed by atoms with Gasteiger partial charge in [-0.3, -0.25) is 4.40 Å². The molecule has 0 N–H and O–H groups in total. The van der Waals surface area contributed by atoms with Gasteiger partial charge in [-0.1, -0.05) is 60.7 Å². The van der Waals surface area contributed by atoms with Gasteiger partial charge in [0.05, 0.1) is 22.1 Å². The zero-order valence-corrected chi connectivity index (χ0v) is 18.2. The van der Waals surface area contributed by atoms with Crippen LogP contribution in [-0.4, -0.2) is 18.9 Å². The molecule has 8 aromatic rings. The molecule has 0 aliphatic heterocycles. The van der Waals surface area contributed by atoms with Crippen LogP contribution in [0.4, 0.5) is 0 Å². The van der Waals surface area contributed by atoms with Crippen LogP contribution in [0.1, 0.15) is 0 Å². The summed E-state index contributed by atoms with van der Waals surface area (Å²) in [4.78, 5) is 9.67. The van der Waals surface area contributed by atoms with Gasteiger partial charge in [-0.2, -0.15) is 0 Å². The lowest BCUT2D eigenvalue weighted by Crippen LogP contribution is -1.94. The maximum atomic E-state index is 5.08. The predicted molar refractivity (Wildman–Crippen MR) is 140 cm³/mol. The second-order valence-corrected chi connectivity index (χ2v) is 8.70. The molecular formula is C30H18N4. The summed E-state index contributed by atoms with van der Waals surface area (Å²) in [6, 6.07) is 36.4. The molecule has 0 saturated heterocycles. The number of hydrogen-bond acceptors (Lipinski definition) is 2. The number of fused-ring (bicyclic) bond motifs is 12. The topological polar surface area (TPSA) is 35.1 Å². The van der Waals surface area contributed by atoms with E-state index in [0.717, 1.165) is 28.0 Å². The van der Waals surface area contributed by atoms with Crippen molar-refractivity contribution in [2.75, 3.05) is 0 Å². The van der Waals surface area contributed by atoms with Gasteiger partial charge in [-0.25, -0.2) is 9.97 Å². The fourth-order valence-electron chi connectivity index (χ4n) is 5.59. The number of rotatable bonds is 1. The molecule has 158 valence electrons. The molecule has 0 unspecified atom stereocenters. The lowest BCUT2D eigenvalue weighted by molar-refractivity contribution is 1.18. The maximum Gasteiger partial charge on any atom is 0.178 e. The molecule has 0 bridgehead atoms. The molecule has 8 rings (SSSR count). The van der Waals surface area contributed by atoms with Crippen molar-refractivity contribution in [3.63, 3.8) is 0 Å². The summed E-state index contributed by atoms with van der Waals surface area (Å²) in [5.41, 5.74) is 7.41. The normalized spacial score (nSPS) is 12.1. The van der Waals surface area contributed by atoms with Crippen molar-refractivity contribution in [1.29, 1.82) is 0 Å². The van der Waals surface area contributed by atoms with Crippen molar-refractivity contribution < 1.29 is 0 Å². The second kappa shape index (κ2) is 6.42. The first-order valence-electron chi connectivity index (χ1n) is 11.5. The molecule has 4 heterocycles.